The molecule has 1 aliphatic rings. The first-order valence-electron chi connectivity index (χ1n) is 7.33. The van der Waals surface area contributed by atoms with Crippen molar-refractivity contribution in [3.8, 4) is 0 Å². The molecular formula is C15H20N2O4S. The fourth-order valence-corrected chi connectivity index (χ4v) is 3.58. The van der Waals surface area contributed by atoms with E-state index in [9.17, 15) is 14.4 Å². The molecule has 1 aliphatic carbocycles. The minimum absolute atomic E-state index is 0.466. The number of rotatable bonds is 4. The number of hydrogen-bond acceptors (Lipinski definition) is 5. The molecule has 0 saturated carbocycles. The Labute approximate surface area is 133 Å². The number of fused-ring (bicyclic) bond motifs is 1. The van der Waals surface area contributed by atoms with Crippen LogP contribution in [0.15, 0.2) is 6.07 Å². The Morgan fingerprint density at radius 1 is 1.41 bits per heavy atom. The molecule has 0 bridgehead atoms. The summed E-state index contributed by atoms with van der Waals surface area (Å²) in [6.45, 7) is 1.72. The monoisotopic (exact) mass is 324 g/mol. The number of esters is 1. The molecule has 120 valence electrons. The standard InChI is InChI=1S/C15H20N2O4S/c1-3-9-4-5-11-10(6-9)7-12(22-11)14(19)21-8-13(18)17-15(20)16-2/h7,9H,3-6,8H2,1-2H3,(H2,16,17,18,20)/t9-/m0/s1. The second-order valence-electron chi connectivity index (χ2n) is 5.28. The maximum atomic E-state index is 12.0. The van der Waals surface area contributed by atoms with Gasteiger partial charge in [-0.05, 0) is 36.8 Å². The van der Waals surface area contributed by atoms with Gasteiger partial charge in [0.05, 0.1) is 0 Å². The van der Waals surface area contributed by atoms with E-state index in [-0.39, 0.29) is 0 Å². The minimum Gasteiger partial charge on any atom is -0.451 e. The van der Waals surface area contributed by atoms with Gasteiger partial charge < -0.3 is 10.1 Å². The highest BCUT2D eigenvalue weighted by atomic mass is 32.1. The van der Waals surface area contributed by atoms with E-state index < -0.39 is 24.5 Å². The van der Waals surface area contributed by atoms with E-state index in [1.807, 2.05) is 11.4 Å². The Kier molecular flexibility index (Phi) is 5.54. The first-order chi connectivity index (χ1) is 10.5. The number of nitrogens with one attached hydrogen (secondary N) is 2. The first-order valence-corrected chi connectivity index (χ1v) is 8.15. The molecule has 2 rings (SSSR count). The topological polar surface area (TPSA) is 84.5 Å². The molecule has 1 heterocycles. The van der Waals surface area contributed by atoms with Crippen LogP contribution in [0.4, 0.5) is 4.79 Å². The highest BCUT2D eigenvalue weighted by molar-refractivity contribution is 7.14. The van der Waals surface area contributed by atoms with Gasteiger partial charge in [-0.15, -0.1) is 11.3 Å². The van der Waals surface area contributed by atoms with Gasteiger partial charge in [-0.3, -0.25) is 10.1 Å². The van der Waals surface area contributed by atoms with Gasteiger partial charge in [-0.2, -0.15) is 0 Å². The van der Waals surface area contributed by atoms with Crippen LogP contribution < -0.4 is 10.6 Å². The number of urea groups is 1. The van der Waals surface area contributed by atoms with E-state index in [0.29, 0.717) is 10.8 Å². The maximum absolute atomic E-state index is 12.0. The Balaban J connectivity index is 1.90. The third-order valence-corrected chi connectivity index (χ3v) is 4.99. The van der Waals surface area contributed by atoms with E-state index in [2.05, 4.69) is 12.2 Å². The van der Waals surface area contributed by atoms with Crippen molar-refractivity contribution in [1.29, 1.82) is 0 Å². The molecule has 0 saturated heterocycles. The Morgan fingerprint density at radius 2 is 2.18 bits per heavy atom. The highest BCUT2D eigenvalue weighted by Gasteiger charge is 2.23. The molecule has 22 heavy (non-hydrogen) atoms. The predicted molar refractivity (Wildman–Crippen MR) is 83.0 cm³/mol. The number of ether oxygens (including phenoxy) is 1. The number of hydrogen-bond donors (Lipinski definition) is 2. The largest absolute Gasteiger partial charge is 0.451 e. The van der Waals surface area contributed by atoms with Gasteiger partial charge in [0, 0.05) is 11.9 Å². The van der Waals surface area contributed by atoms with Gasteiger partial charge in [0.1, 0.15) is 4.88 Å². The molecule has 0 fully saturated rings. The van der Waals surface area contributed by atoms with Gasteiger partial charge in [0.15, 0.2) is 6.61 Å². The van der Waals surface area contributed by atoms with Crippen molar-refractivity contribution in [3.05, 3.63) is 21.4 Å². The van der Waals surface area contributed by atoms with Crippen LogP contribution in [0.1, 0.15) is 39.9 Å². The number of imide groups is 1. The fourth-order valence-electron chi connectivity index (χ4n) is 2.48. The van der Waals surface area contributed by atoms with E-state index in [1.165, 1.54) is 28.8 Å². The maximum Gasteiger partial charge on any atom is 0.348 e. The van der Waals surface area contributed by atoms with Crippen molar-refractivity contribution in [2.45, 2.75) is 32.6 Å². The van der Waals surface area contributed by atoms with Gasteiger partial charge in [-0.1, -0.05) is 13.3 Å². The third kappa shape index (κ3) is 4.07. The molecule has 6 nitrogen and oxygen atoms in total. The zero-order valence-corrected chi connectivity index (χ0v) is 13.5. The zero-order chi connectivity index (χ0) is 16.1. The minimum atomic E-state index is -0.653. The second kappa shape index (κ2) is 7.40. The summed E-state index contributed by atoms with van der Waals surface area (Å²) in [6, 6.07) is 1.25. The lowest BCUT2D eigenvalue weighted by atomic mass is 9.87. The number of thiophene rings is 1. The zero-order valence-electron chi connectivity index (χ0n) is 12.7. The van der Waals surface area contributed by atoms with Crippen LogP contribution in [0.25, 0.3) is 0 Å². The smallest absolute Gasteiger partial charge is 0.348 e. The molecule has 7 heteroatoms. The lowest BCUT2D eigenvalue weighted by Crippen LogP contribution is -2.39. The molecule has 0 aliphatic heterocycles. The number of amides is 3. The van der Waals surface area contributed by atoms with Crippen molar-refractivity contribution in [3.63, 3.8) is 0 Å². The van der Waals surface area contributed by atoms with Crippen LogP contribution in [-0.2, 0) is 22.4 Å². The molecule has 0 spiro atoms. The Bertz CT molecular complexity index is 582. The molecule has 1 atom stereocenters. The van der Waals surface area contributed by atoms with Crippen LogP contribution in [0, 0.1) is 5.92 Å². The van der Waals surface area contributed by atoms with Crippen LogP contribution in [0.3, 0.4) is 0 Å². The molecule has 1 aromatic rings. The molecule has 0 aromatic carbocycles. The highest BCUT2D eigenvalue weighted by Crippen LogP contribution is 2.33. The van der Waals surface area contributed by atoms with Crippen molar-refractivity contribution in [1.82, 2.24) is 10.6 Å². The van der Waals surface area contributed by atoms with E-state index >= 15 is 0 Å². The molecular weight excluding hydrogens is 304 g/mol. The average molecular weight is 324 g/mol. The van der Waals surface area contributed by atoms with E-state index in [4.69, 9.17) is 4.74 Å². The third-order valence-electron chi connectivity index (χ3n) is 3.78. The van der Waals surface area contributed by atoms with Gasteiger partial charge in [0.25, 0.3) is 5.91 Å². The van der Waals surface area contributed by atoms with Gasteiger partial charge >= 0.3 is 12.0 Å². The number of carbonyl (C=O) groups excluding carboxylic acids is 3. The number of carbonyl (C=O) groups is 3. The summed E-state index contributed by atoms with van der Waals surface area (Å²) >= 11 is 1.44. The van der Waals surface area contributed by atoms with Gasteiger partial charge in [0.2, 0.25) is 0 Å². The lowest BCUT2D eigenvalue weighted by Gasteiger charge is -2.19. The van der Waals surface area contributed by atoms with Crippen molar-refractivity contribution in [2.24, 2.45) is 5.92 Å². The average Bonchev–Trinajstić information content (AvgIpc) is 2.95. The molecule has 1 aromatic heterocycles. The summed E-state index contributed by atoms with van der Waals surface area (Å²) in [4.78, 5) is 36.1. The van der Waals surface area contributed by atoms with E-state index in [1.54, 1.807) is 0 Å². The first kappa shape index (κ1) is 16.5. The van der Waals surface area contributed by atoms with Crippen molar-refractivity contribution in [2.75, 3.05) is 13.7 Å². The molecule has 2 N–H and O–H groups in total. The second-order valence-corrected chi connectivity index (χ2v) is 6.42. The summed E-state index contributed by atoms with van der Waals surface area (Å²) in [6.07, 6.45) is 4.32. The molecule has 3 amide bonds. The summed E-state index contributed by atoms with van der Waals surface area (Å²) in [5.74, 6) is -0.483. The Morgan fingerprint density at radius 3 is 2.86 bits per heavy atom. The van der Waals surface area contributed by atoms with Crippen molar-refractivity contribution >= 4 is 29.2 Å². The van der Waals surface area contributed by atoms with Crippen molar-refractivity contribution < 1.29 is 19.1 Å². The summed E-state index contributed by atoms with van der Waals surface area (Å²) in [7, 11) is 1.40. The van der Waals surface area contributed by atoms with Gasteiger partial charge in [-0.25, -0.2) is 9.59 Å². The lowest BCUT2D eigenvalue weighted by molar-refractivity contribution is -0.123. The quantitative estimate of drug-likeness (QED) is 0.828. The summed E-state index contributed by atoms with van der Waals surface area (Å²) in [5, 5.41) is 4.28. The summed E-state index contributed by atoms with van der Waals surface area (Å²) < 4.78 is 4.95. The van der Waals surface area contributed by atoms with Crippen LogP contribution in [0.2, 0.25) is 0 Å². The molecule has 0 unspecified atom stereocenters. The SMILES string of the molecule is CC[C@H]1CCc2sc(C(=O)OCC(=O)NC(=O)NC)cc2C1. The molecule has 0 radical (unpaired) electrons. The van der Waals surface area contributed by atoms with Crippen LogP contribution in [-0.4, -0.2) is 31.6 Å². The summed E-state index contributed by atoms with van der Waals surface area (Å²) in [5.41, 5.74) is 1.23. The number of aryl methyl sites for hydroxylation is 1. The Hall–Kier alpha value is -1.89. The fraction of sp³-hybridized carbons (Fsp3) is 0.533. The van der Waals surface area contributed by atoms with Crippen LogP contribution >= 0.6 is 11.3 Å². The normalized spacial score (nSPS) is 16.5. The van der Waals surface area contributed by atoms with E-state index in [0.717, 1.165) is 25.7 Å². The van der Waals surface area contributed by atoms with Crippen LogP contribution in [0.5, 0.6) is 0 Å². The predicted octanol–water partition coefficient (Wildman–Crippen LogP) is 1.88.